The van der Waals surface area contributed by atoms with E-state index in [1.165, 1.54) is 12.1 Å². The Bertz CT molecular complexity index is 523. The summed E-state index contributed by atoms with van der Waals surface area (Å²) in [7, 11) is 1.76. The Morgan fingerprint density at radius 1 is 1.48 bits per heavy atom. The molecule has 1 saturated heterocycles. The summed E-state index contributed by atoms with van der Waals surface area (Å²) < 4.78 is 14.0. The standard InChI is InChI=1S/C13H18FIN4O2/c1-17(6-7-18-4-2-16-3-5-18)12-8-10(14)11(15)9-13(12)19(20)21/h8-9,16H,2-7H2,1H3. The molecule has 8 heteroatoms. The van der Waals surface area contributed by atoms with Gasteiger partial charge in [0.2, 0.25) is 0 Å². The Labute approximate surface area is 136 Å². The van der Waals surface area contributed by atoms with Gasteiger partial charge in [0.05, 0.1) is 8.49 Å². The molecule has 6 nitrogen and oxygen atoms in total. The summed E-state index contributed by atoms with van der Waals surface area (Å²) >= 11 is 1.77. The Hall–Kier alpha value is -1.00. The van der Waals surface area contributed by atoms with Crippen LogP contribution in [0, 0.1) is 19.5 Å². The summed E-state index contributed by atoms with van der Waals surface area (Å²) in [5.74, 6) is -0.426. The minimum Gasteiger partial charge on any atom is -0.368 e. The van der Waals surface area contributed by atoms with Gasteiger partial charge in [-0.1, -0.05) is 0 Å². The molecular weight excluding hydrogens is 390 g/mol. The molecule has 1 aliphatic heterocycles. The van der Waals surface area contributed by atoms with Crippen LogP contribution in [0.2, 0.25) is 0 Å². The van der Waals surface area contributed by atoms with Gasteiger partial charge in [0.15, 0.2) is 0 Å². The Morgan fingerprint density at radius 2 is 2.14 bits per heavy atom. The average molecular weight is 408 g/mol. The maximum absolute atomic E-state index is 13.7. The number of nitro benzene ring substituents is 1. The third-order valence-corrected chi connectivity index (χ3v) is 4.41. The lowest BCUT2D eigenvalue weighted by atomic mass is 10.2. The highest BCUT2D eigenvalue weighted by molar-refractivity contribution is 14.1. The molecule has 1 aromatic carbocycles. The zero-order valence-corrected chi connectivity index (χ0v) is 14.0. The van der Waals surface area contributed by atoms with E-state index < -0.39 is 10.7 Å². The highest BCUT2D eigenvalue weighted by atomic mass is 127. The summed E-state index contributed by atoms with van der Waals surface area (Å²) in [6.07, 6.45) is 0. The zero-order chi connectivity index (χ0) is 15.4. The molecule has 0 atom stereocenters. The number of halogens is 2. The maximum Gasteiger partial charge on any atom is 0.293 e. The number of likely N-dealkylation sites (N-methyl/N-ethyl adjacent to an activating group) is 1. The molecule has 0 spiro atoms. The molecule has 0 unspecified atom stereocenters. The third-order valence-electron chi connectivity index (χ3n) is 3.59. The number of anilines is 1. The smallest absolute Gasteiger partial charge is 0.293 e. The fourth-order valence-corrected chi connectivity index (χ4v) is 2.78. The molecular formula is C13H18FIN4O2. The van der Waals surface area contributed by atoms with Gasteiger partial charge in [0, 0.05) is 58.4 Å². The number of rotatable bonds is 5. The first-order valence-corrected chi connectivity index (χ1v) is 7.84. The van der Waals surface area contributed by atoms with E-state index in [0.717, 1.165) is 32.7 Å². The van der Waals surface area contributed by atoms with Crippen molar-refractivity contribution < 1.29 is 9.31 Å². The summed E-state index contributed by atoms with van der Waals surface area (Å²) in [4.78, 5) is 14.7. The zero-order valence-electron chi connectivity index (χ0n) is 11.8. The first-order valence-electron chi connectivity index (χ1n) is 6.76. The minimum absolute atomic E-state index is 0.0522. The van der Waals surface area contributed by atoms with Crippen molar-refractivity contribution in [3.05, 3.63) is 31.6 Å². The lowest BCUT2D eigenvalue weighted by Gasteiger charge is -2.29. The van der Waals surface area contributed by atoms with Gasteiger partial charge < -0.3 is 10.2 Å². The lowest BCUT2D eigenvalue weighted by molar-refractivity contribution is -0.384. The molecule has 0 saturated carbocycles. The molecule has 1 fully saturated rings. The quantitative estimate of drug-likeness (QED) is 0.457. The van der Waals surface area contributed by atoms with Crippen LogP contribution >= 0.6 is 22.6 Å². The number of hydrogen-bond donors (Lipinski definition) is 1. The summed E-state index contributed by atoms with van der Waals surface area (Å²) in [5, 5.41) is 14.4. The fraction of sp³-hybridized carbons (Fsp3) is 0.538. The fourth-order valence-electron chi connectivity index (χ4n) is 2.32. The van der Waals surface area contributed by atoms with Crippen LogP contribution in [0.1, 0.15) is 0 Å². The van der Waals surface area contributed by atoms with Crippen LogP contribution in [0.4, 0.5) is 15.8 Å². The van der Waals surface area contributed by atoms with Crippen molar-refractivity contribution >= 4 is 34.0 Å². The SMILES string of the molecule is CN(CCN1CCNCC1)c1cc(F)c(I)cc1[N+](=O)[O-]. The van der Waals surface area contributed by atoms with E-state index in [2.05, 4.69) is 10.2 Å². The molecule has 1 aliphatic rings. The molecule has 2 rings (SSSR count). The second-order valence-electron chi connectivity index (χ2n) is 5.03. The Morgan fingerprint density at radius 3 is 2.76 bits per heavy atom. The molecule has 1 aromatic rings. The van der Waals surface area contributed by atoms with Gasteiger partial charge in [0.1, 0.15) is 11.5 Å². The van der Waals surface area contributed by atoms with Crippen LogP contribution in [-0.2, 0) is 0 Å². The molecule has 116 valence electrons. The van der Waals surface area contributed by atoms with Gasteiger partial charge in [0.25, 0.3) is 5.69 Å². The largest absolute Gasteiger partial charge is 0.368 e. The number of nitrogens with zero attached hydrogens (tertiary/aromatic N) is 3. The first-order chi connectivity index (χ1) is 9.99. The average Bonchev–Trinajstić information content (AvgIpc) is 2.48. The van der Waals surface area contributed by atoms with Crippen molar-refractivity contribution in [1.82, 2.24) is 10.2 Å². The number of benzene rings is 1. The third kappa shape index (κ3) is 4.24. The van der Waals surface area contributed by atoms with Gasteiger partial charge >= 0.3 is 0 Å². The van der Waals surface area contributed by atoms with Gasteiger partial charge in [-0.15, -0.1) is 0 Å². The summed E-state index contributed by atoms with van der Waals surface area (Å²) in [5.41, 5.74) is 0.275. The molecule has 21 heavy (non-hydrogen) atoms. The van der Waals surface area contributed by atoms with Crippen LogP contribution in [0.15, 0.2) is 12.1 Å². The van der Waals surface area contributed by atoms with Gasteiger partial charge in [-0.05, 0) is 22.6 Å². The highest BCUT2D eigenvalue weighted by Crippen LogP contribution is 2.31. The van der Waals surface area contributed by atoms with E-state index in [1.54, 1.807) is 34.5 Å². The summed E-state index contributed by atoms with van der Waals surface area (Å²) in [6.45, 7) is 5.29. The topological polar surface area (TPSA) is 61.6 Å². The van der Waals surface area contributed by atoms with Crippen molar-refractivity contribution in [1.29, 1.82) is 0 Å². The second-order valence-corrected chi connectivity index (χ2v) is 6.19. The Balaban J connectivity index is 2.08. The van der Waals surface area contributed by atoms with Crippen LogP contribution in [-0.4, -0.2) is 56.1 Å². The summed E-state index contributed by atoms with van der Waals surface area (Å²) in [6, 6.07) is 2.53. The van der Waals surface area contributed by atoms with Gasteiger partial charge in [-0.25, -0.2) is 4.39 Å². The van der Waals surface area contributed by atoms with Gasteiger partial charge in [-0.3, -0.25) is 15.0 Å². The minimum atomic E-state index is -0.460. The predicted molar refractivity (Wildman–Crippen MR) is 88.4 cm³/mol. The van der Waals surface area contributed by atoms with Gasteiger partial charge in [-0.2, -0.15) is 0 Å². The normalized spacial score (nSPS) is 16.0. The molecule has 1 heterocycles. The molecule has 0 amide bonds. The molecule has 0 bridgehead atoms. The predicted octanol–water partition coefficient (Wildman–Crippen LogP) is 1.68. The van der Waals surface area contributed by atoms with E-state index in [9.17, 15) is 14.5 Å². The highest BCUT2D eigenvalue weighted by Gasteiger charge is 2.21. The second kappa shape index (κ2) is 7.32. The van der Waals surface area contributed by atoms with Crippen molar-refractivity contribution in [2.45, 2.75) is 0 Å². The first kappa shape index (κ1) is 16.4. The van der Waals surface area contributed by atoms with Crippen molar-refractivity contribution in [3.8, 4) is 0 Å². The molecule has 0 aromatic heterocycles. The van der Waals surface area contributed by atoms with Crippen LogP contribution in [0.25, 0.3) is 0 Å². The maximum atomic E-state index is 13.7. The lowest BCUT2D eigenvalue weighted by Crippen LogP contribution is -2.46. The van der Waals surface area contributed by atoms with E-state index in [4.69, 9.17) is 0 Å². The number of nitro groups is 1. The molecule has 0 aliphatic carbocycles. The number of nitrogens with one attached hydrogen (secondary N) is 1. The van der Waals surface area contributed by atoms with E-state index in [0.29, 0.717) is 12.2 Å². The van der Waals surface area contributed by atoms with Crippen molar-refractivity contribution in [3.63, 3.8) is 0 Å². The number of piperazine rings is 1. The van der Waals surface area contributed by atoms with E-state index in [-0.39, 0.29) is 9.26 Å². The molecule has 1 N–H and O–H groups in total. The van der Waals surface area contributed by atoms with Crippen molar-refractivity contribution in [2.75, 3.05) is 51.2 Å². The van der Waals surface area contributed by atoms with E-state index >= 15 is 0 Å². The monoisotopic (exact) mass is 408 g/mol. The van der Waals surface area contributed by atoms with E-state index in [1.807, 2.05) is 0 Å². The molecule has 0 radical (unpaired) electrons. The van der Waals surface area contributed by atoms with Crippen LogP contribution < -0.4 is 10.2 Å². The Kier molecular flexibility index (Phi) is 5.71. The number of hydrogen-bond acceptors (Lipinski definition) is 5. The van der Waals surface area contributed by atoms with Crippen LogP contribution in [0.3, 0.4) is 0 Å². The van der Waals surface area contributed by atoms with Crippen molar-refractivity contribution in [2.24, 2.45) is 0 Å². The van der Waals surface area contributed by atoms with Crippen LogP contribution in [0.5, 0.6) is 0 Å².